The second kappa shape index (κ2) is 9.44. The summed E-state index contributed by atoms with van der Waals surface area (Å²) in [5, 5.41) is 2.78. The van der Waals surface area contributed by atoms with Crippen LogP contribution >= 0.6 is 11.8 Å². The fraction of sp³-hybridized carbons (Fsp3) is 0.429. The first-order chi connectivity index (χ1) is 9.22. The topological polar surface area (TPSA) is 55.4 Å². The van der Waals surface area contributed by atoms with E-state index in [9.17, 15) is 9.59 Å². The second-order valence-corrected chi connectivity index (χ2v) is 4.99. The highest BCUT2D eigenvalue weighted by Gasteiger charge is 2.03. The van der Waals surface area contributed by atoms with Crippen LogP contribution in [0.2, 0.25) is 0 Å². The maximum Gasteiger partial charge on any atom is 0.305 e. The molecule has 1 amide bonds. The molecule has 4 nitrogen and oxygen atoms in total. The van der Waals surface area contributed by atoms with Crippen LogP contribution in [0.5, 0.6) is 0 Å². The average Bonchev–Trinajstić information content (AvgIpc) is 2.44. The number of rotatable bonds is 8. The Labute approximate surface area is 117 Å². The molecule has 1 N–H and O–H groups in total. The van der Waals surface area contributed by atoms with Gasteiger partial charge in [0.05, 0.1) is 12.9 Å². The van der Waals surface area contributed by atoms with Gasteiger partial charge in [-0.05, 0) is 12.0 Å². The number of nitrogens with one attached hydrogen (secondary N) is 1. The average molecular weight is 281 g/mol. The van der Waals surface area contributed by atoms with Gasteiger partial charge in [0.25, 0.3) is 0 Å². The van der Waals surface area contributed by atoms with Crippen LogP contribution in [0.25, 0.3) is 0 Å². The van der Waals surface area contributed by atoms with Gasteiger partial charge in [-0.3, -0.25) is 9.59 Å². The first-order valence-electron chi connectivity index (χ1n) is 6.17. The molecule has 0 fully saturated rings. The predicted molar refractivity (Wildman–Crippen MR) is 76.9 cm³/mol. The van der Waals surface area contributed by atoms with Gasteiger partial charge in [-0.2, -0.15) is 0 Å². The first kappa shape index (κ1) is 15.6. The highest BCUT2D eigenvalue weighted by atomic mass is 32.2. The van der Waals surface area contributed by atoms with Crippen LogP contribution in [0.3, 0.4) is 0 Å². The molecular formula is C14H19NO3S. The Balaban J connectivity index is 2.04. The summed E-state index contributed by atoms with van der Waals surface area (Å²) in [6.45, 7) is 0.514. The molecule has 0 radical (unpaired) electrons. The van der Waals surface area contributed by atoms with Crippen molar-refractivity contribution in [3.63, 3.8) is 0 Å². The SMILES string of the molecule is COC(=O)CCCNC(=O)CSCc1ccccc1. The van der Waals surface area contributed by atoms with Crippen LogP contribution in [0.4, 0.5) is 0 Å². The molecule has 0 unspecified atom stereocenters. The van der Waals surface area contributed by atoms with Crippen LogP contribution in [0.1, 0.15) is 18.4 Å². The van der Waals surface area contributed by atoms with Gasteiger partial charge in [0.2, 0.25) is 5.91 Å². The van der Waals surface area contributed by atoms with E-state index in [1.807, 2.05) is 30.3 Å². The number of hydrogen-bond acceptors (Lipinski definition) is 4. The van der Waals surface area contributed by atoms with E-state index in [4.69, 9.17) is 0 Å². The quantitative estimate of drug-likeness (QED) is 0.585. The van der Waals surface area contributed by atoms with E-state index in [1.165, 1.54) is 12.7 Å². The second-order valence-electron chi connectivity index (χ2n) is 4.01. The molecule has 0 heterocycles. The number of ether oxygens (including phenoxy) is 1. The van der Waals surface area contributed by atoms with Gasteiger partial charge < -0.3 is 10.1 Å². The van der Waals surface area contributed by atoms with Crippen LogP contribution in [-0.4, -0.2) is 31.3 Å². The molecule has 0 atom stereocenters. The molecule has 1 aromatic rings. The van der Waals surface area contributed by atoms with E-state index >= 15 is 0 Å². The Morgan fingerprint density at radius 2 is 2.00 bits per heavy atom. The summed E-state index contributed by atoms with van der Waals surface area (Å²) in [6.07, 6.45) is 0.954. The third kappa shape index (κ3) is 7.51. The molecule has 1 rings (SSSR count). The molecule has 0 aromatic heterocycles. The lowest BCUT2D eigenvalue weighted by atomic mass is 10.2. The Bertz CT molecular complexity index is 395. The minimum atomic E-state index is -0.243. The molecule has 19 heavy (non-hydrogen) atoms. The molecule has 0 bridgehead atoms. The smallest absolute Gasteiger partial charge is 0.305 e. The number of thioether (sulfide) groups is 1. The number of amides is 1. The number of methoxy groups -OCH3 is 1. The Kier molecular flexibility index (Phi) is 7.74. The Hall–Kier alpha value is -1.49. The zero-order valence-electron chi connectivity index (χ0n) is 11.1. The van der Waals surface area contributed by atoms with Crippen molar-refractivity contribution in [1.82, 2.24) is 5.32 Å². The van der Waals surface area contributed by atoms with Gasteiger partial charge in [-0.25, -0.2) is 0 Å². The molecular weight excluding hydrogens is 262 g/mol. The van der Waals surface area contributed by atoms with Crippen molar-refractivity contribution in [2.45, 2.75) is 18.6 Å². The molecule has 0 aliphatic rings. The Morgan fingerprint density at radius 3 is 2.68 bits per heavy atom. The normalized spacial score (nSPS) is 9.95. The molecule has 0 aliphatic heterocycles. The molecule has 0 aliphatic carbocycles. The monoisotopic (exact) mass is 281 g/mol. The lowest BCUT2D eigenvalue weighted by Gasteiger charge is -2.05. The number of esters is 1. The molecule has 1 aromatic carbocycles. The third-order valence-electron chi connectivity index (χ3n) is 2.45. The molecule has 0 saturated carbocycles. The summed E-state index contributed by atoms with van der Waals surface area (Å²) in [6, 6.07) is 10.0. The van der Waals surface area contributed by atoms with Crippen LogP contribution in [0.15, 0.2) is 30.3 Å². The van der Waals surface area contributed by atoms with E-state index in [2.05, 4.69) is 10.1 Å². The standard InChI is InChI=1S/C14H19NO3S/c1-18-14(17)8-5-9-15-13(16)11-19-10-12-6-3-2-4-7-12/h2-4,6-7H,5,8-11H2,1H3,(H,15,16). The van der Waals surface area contributed by atoms with Crippen LogP contribution in [0, 0.1) is 0 Å². The van der Waals surface area contributed by atoms with Gasteiger partial charge in [0.15, 0.2) is 0 Å². The van der Waals surface area contributed by atoms with E-state index < -0.39 is 0 Å². The molecule has 5 heteroatoms. The first-order valence-corrected chi connectivity index (χ1v) is 7.33. The Morgan fingerprint density at radius 1 is 1.26 bits per heavy atom. The summed E-state index contributed by atoms with van der Waals surface area (Å²) in [4.78, 5) is 22.3. The van der Waals surface area contributed by atoms with Gasteiger partial charge in [-0.1, -0.05) is 30.3 Å². The van der Waals surface area contributed by atoms with Crippen molar-refractivity contribution in [2.75, 3.05) is 19.4 Å². The minimum absolute atomic E-state index is 0.00537. The number of carbonyl (C=O) groups excluding carboxylic acids is 2. The van der Waals surface area contributed by atoms with Gasteiger partial charge in [0.1, 0.15) is 0 Å². The summed E-state index contributed by atoms with van der Waals surface area (Å²) >= 11 is 1.58. The summed E-state index contributed by atoms with van der Waals surface area (Å²) in [7, 11) is 1.36. The fourth-order valence-corrected chi connectivity index (χ4v) is 2.27. The predicted octanol–water partition coefficient (Wildman–Crippen LogP) is 1.99. The van der Waals surface area contributed by atoms with Crippen molar-refractivity contribution in [1.29, 1.82) is 0 Å². The molecule has 104 valence electrons. The van der Waals surface area contributed by atoms with E-state index in [0.29, 0.717) is 25.1 Å². The highest BCUT2D eigenvalue weighted by Crippen LogP contribution is 2.10. The van der Waals surface area contributed by atoms with Crippen molar-refractivity contribution in [3.05, 3.63) is 35.9 Å². The van der Waals surface area contributed by atoms with Crippen molar-refractivity contribution < 1.29 is 14.3 Å². The zero-order valence-corrected chi connectivity index (χ0v) is 11.9. The van der Waals surface area contributed by atoms with E-state index in [-0.39, 0.29) is 11.9 Å². The lowest BCUT2D eigenvalue weighted by molar-refractivity contribution is -0.140. The van der Waals surface area contributed by atoms with Gasteiger partial charge in [0, 0.05) is 18.7 Å². The van der Waals surface area contributed by atoms with Crippen molar-refractivity contribution >= 4 is 23.6 Å². The zero-order chi connectivity index (χ0) is 13.9. The van der Waals surface area contributed by atoms with Crippen LogP contribution in [-0.2, 0) is 20.1 Å². The summed E-state index contributed by atoms with van der Waals surface area (Å²) in [5.74, 6) is 1.03. The number of carbonyl (C=O) groups is 2. The minimum Gasteiger partial charge on any atom is -0.469 e. The maximum atomic E-state index is 11.5. The number of benzene rings is 1. The summed E-state index contributed by atoms with van der Waals surface area (Å²) < 4.78 is 4.52. The van der Waals surface area contributed by atoms with Crippen molar-refractivity contribution in [3.8, 4) is 0 Å². The van der Waals surface area contributed by atoms with Gasteiger partial charge in [-0.15, -0.1) is 11.8 Å². The van der Waals surface area contributed by atoms with Crippen LogP contribution < -0.4 is 5.32 Å². The molecule has 0 saturated heterocycles. The fourth-order valence-electron chi connectivity index (χ4n) is 1.45. The van der Waals surface area contributed by atoms with Crippen molar-refractivity contribution in [2.24, 2.45) is 0 Å². The molecule has 0 spiro atoms. The third-order valence-corrected chi connectivity index (χ3v) is 3.46. The number of hydrogen-bond donors (Lipinski definition) is 1. The van der Waals surface area contributed by atoms with Gasteiger partial charge >= 0.3 is 5.97 Å². The van der Waals surface area contributed by atoms with E-state index in [1.54, 1.807) is 11.8 Å². The highest BCUT2D eigenvalue weighted by molar-refractivity contribution is 7.99. The van der Waals surface area contributed by atoms with E-state index in [0.717, 1.165) is 5.75 Å². The summed E-state index contributed by atoms with van der Waals surface area (Å²) in [5.41, 5.74) is 1.21. The largest absolute Gasteiger partial charge is 0.469 e. The lowest BCUT2D eigenvalue weighted by Crippen LogP contribution is -2.26. The maximum absolute atomic E-state index is 11.5.